The van der Waals surface area contributed by atoms with Gasteiger partial charge in [-0.25, -0.2) is 0 Å². The Morgan fingerprint density at radius 3 is 1.14 bits per heavy atom. The van der Waals surface area contributed by atoms with Crippen molar-refractivity contribution in [2.45, 2.75) is 154 Å². The molecule has 384 valence electrons. The number of carbonyl (C=O) groups is 2. The molecule has 30 heteroatoms. The van der Waals surface area contributed by atoms with Crippen LogP contribution in [0.2, 0.25) is 0 Å². The highest BCUT2D eigenvalue weighted by Gasteiger charge is 2.57. The Morgan fingerprint density at radius 2 is 0.742 bits per heavy atom. The number of carbonyl (C=O) groups excluding carboxylic acids is 2. The highest BCUT2D eigenvalue weighted by atomic mass is 16.8. The molecular formula is C36H58O30-2. The maximum Gasteiger partial charge on any atom is 0.187 e. The number of methoxy groups -OCH3 is 2. The van der Waals surface area contributed by atoms with Crippen molar-refractivity contribution < 1.29 is 148 Å². The van der Waals surface area contributed by atoms with Gasteiger partial charge in [0.15, 0.2) is 31.5 Å². The van der Waals surface area contributed by atoms with Crippen molar-refractivity contribution in [2.24, 2.45) is 0 Å². The molecule has 0 saturated carbocycles. The Bertz CT molecular complexity index is 1490. The third kappa shape index (κ3) is 12.2. The van der Waals surface area contributed by atoms with Crippen LogP contribution in [-0.4, -0.2) is 292 Å². The number of hydrogen-bond acceptors (Lipinski definition) is 30. The average molecular weight is 971 g/mol. The summed E-state index contributed by atoms with van der Waals surface area (Å²) in [7, 11) is 2.30. The van der Waals surface area contributed by atoms with Crippen molar-refractivity contribution in [1.29, 1.82) is 0 Å². The predicted octanol–water partition coefficient (Wildman–Crippen LogP) is -13.1. The molecule has 0 aromatic heterocycles. The molecule has 5 rings (SSSR count). The monoisotopic (exact) mass is 970 g/mol. The lowest BCUT2D eigenvalue weighted by Gasteiger charge is -2.50. The maximum absolute atomic E-state index is 11.5. The van der Waals surface area contributed by atoms with Crippen LogP contribution in [0, 0.1) is 0 Å². The lowest BCUT2D eigenvalue weighted by atomic mass is 9.95. The van der Waals surface area contributed by atoms with Gasteiger partial charge in [0.1, 0.15) is 122 Å². The zero-order chi connectivity index (χ0) is 48.7. The zero-order valence-electron chi connectivity index (χ0n) is 35.1. The van der Waals surface area contributed by atoms with E-state index >= 15 is 0 Å². The predicted molar refractivity (Wildman–Crippen MR) is 194 cm³/mol. The van der Waals surface area contributed by atoms with Gasteiger partial charge in [-0.2, -0.15) is 0 Å². The van der Waals surface area contributed by atoms with Crippen LogP contribution in [0.1, 0.15) is 0 Å². The standard InChI is InChI=1S/C36H60O30/c1-54-26-10(3-37)58-33(22(50)17(26)45)64-29-13(6-40)61-36(31(25(29)53)57-9-16(43)44)66-28-12(5-39)60-34(24(52)20(28)48)63-27-11(4-38)59-35(23(51)19(27)47)65-30-14(7-56-8-15(41)42)62-32(55-2)21(49)18(30)46/h10-14,17-40,45-53H,3-9H2,1-2H3,(H,41,42)(H,43,44)/p-2/t10?,11?,12?,13?,14?,17?,18?,19?,20?,21?,22?,23?,24?,25?,26-,27-,28-,29-,30-,31?,32-,33+,34+,35+,36+/m1/s1. The molecule has 0 bridgehead atoms. The van der Waals surface area contributed by atoms with Gasteiger partial charge in [0.05, 0.1) is 58.2 Å². The summed E-state index contributed by atoms with van der Waals surface area (Å²) in [4.78, 5) is 22.3. The minimum absolute atomic E-state index is 0.591. The smallest absolute Gasteiger partial charge is 0.187 e. The van der Waals surface area contributed by atoms with Gasteiger partial charge in [-0.05, 0) is 0 Å². The Morgan fingerprint density at radius 1 is 0.409 bits per heavy atom. The van der Waals surface area contributed by atoms with Gasteiger partial charge in [-0.1, -0.05) is 0 Å². The Labute approximate surface area is 373 Å². The SMILES string of the molecule is CO[C@@H]1OC(COCC(=O)[O-])[C@@H](O[C@@H]2OC(CO)[C@@H](O[C@@H]3OC(CO)[C@@H](O[C@@H]4OC(CO)[C@@H](O[C@@H]5OC(CO)[C@@H](OC)C(O)C5O)C(O)C4OCC(=O)[O-])C(O)C3O)C(O)C2O)C(O)C1O. The molecule has 5 aliphatic rings. The molecule has 0 aromatic carbocycles. The van der Waals surface area contributed by atoms with Crippen molar-refractivity contribution in [3.63, 3.8) is 0 Å². The lowest BCUT2D eigenvalue weighted by molar-refractivity contribution is -0.395. The summed E-state index contributed by atoms with van der Waals surface area (Å²) in [6.45, 7) is -6.50. The summed E-state index contributed by atoms with van der Waals surface area (Å²) >= 11 is 0. The van der Waals surface area contributed by atoms with Crippen molar-refractivity contribution >= 4 is 11.9 Å². The second-order valence-corrected chi connectivity index (χ2v) is 15.7. The molecule has 0 radical (unpaired) electrons. The average Bonchev–Trinajstić information content (AvgIpc) is 3.29. The molecule has 5 fully saturated rings. The highest BCUT2D eigenvalue weighted by Crippen LogP contribution is 2.36. The molecule has 0 aromatic rings. The molecular weight excluding hydrogens is 912 g/mol. The Hall–Kier alpha value is -2.10. The van der Waals surface area contributed by atoms with Crippen molar-refractivity contribution in [3.05, 3.63) is 0 Å². The number of rotatable bonds is 21. The first-order valence-corrected chi connectivity index (χ1v) is 20.5. The van der Waals surface area contributed by atoms with E-state index in [-0.39, 0.29) is 0 Å². The summed E-state index contributed by atoms with van der Waals surface area (Å²) in [5, 5.41) is 162. The van der Waals surface area contributed by atoms with E-state index in [0.717, 1.165) is 7.11 Å². The van der Waals surface area contributed by atoms with Crippen LogP contribution in [0.4, 0.5) is 0 Å². The summed E-state index contributed by atoms with van der Waals surface area (Å²) < 4.78 is 71.2. The Balaban J connectivity index is 1.28. The van der Waals surface area contributed by atoms with Gasteiger partial charge in [0.25, 0.3) is 0 Å². The first-order chi connectivity index (χ1) is 31.3. The third-order valence-electron chi connectivity index (χ3n) is 11.5. The van der Waals surface area contributed by atoms with Gasteiger partial charge in [-0.3, -0.25) is 0 Å². The van der Waals surface area contributed by atoms with Gasteiger partial charge in [-0.15, -0.1) is 0 Å². The molecule has 0 amide bonds. The fourth-order valence-electron chi connectivity index (χ4n) is 8.06. The maximum atomic E-state index is 11.5. The minimum atomic E-state index is -2.20. The number of aliphatic hydroxyl groups is 13. The largest absolute Gasteiger partial charge is 0.548 e. The van der Waals surface area contributed by atoms with Gasteiger partial charge in [0, 0.05) is 14.2 Å². The molecule has 15 unspecified atom stereocenters. The van der Waals surface area contributed by atoms with Crippen LogP contribution in [0.3, 0.4) is 0 Å². The van der Waals surface area contributed by atoms with Crippen molar-refractivity contribution in [2.75, 3.05) is 60.5 Å². The van der Waals surface area contributed by atoms with Crippen LogP contribution in [0.5, 0.6) is 0 Å². The zero-order valence-corrected chi connectivity index (χ0v) is 35.1. The number of ether oxygens (including phenoxy) is 13. The van der Waals surface area contributed by atoms with Crippen molar-refractivity contribution in [1.82, 2.24) is 0 Å². The molecule has 30 nitrogen and oxygen atoms in total. The van der Waals surface area contributed by atoms with Gasteiger partial charge < -0.3 is 148 Å². The molecule has 5 heterocycles. The highest BCUT2D eigenvalue weighted by molar-refractivity contribution is 5.65. The second kappa shape index (κ2) is 24.6. The molecule has 5 aliphatic heterocycles. The van der Waals surface area contributed by atoms with E-state index in [4.69, 9.17) is 61.6 Å². The molecule has 0 spiro atoms. The fourth-order valence-corrected chi connectivity index (χ4v) is 8.06. The van der Waals surface area contributed by atoms with Crippen LogP contribution in [-0.2, 0) is 71.2 Å². The van der Waals surface area contributed by atoms with Crippen LogP contribution in [0.15, 0.2) is 0 Å². The summed E-state index contributed by atoms with van der Waals surface area (Å²) in [6.07, 6.45) is -45.2. The summed E-state index contributed by atoms with van der Waals surface area (Å²) in [5.41, 5.74) is 0. The number of aliphatic hydroxyl groups excluding tert-OH is 13. The van der Waals surface area contributed by atoms with E-state index in [9.17, 15) is 86.2 Å². The minimum Gasteiger partial charge on any atom is -0.548 e. The number of carboxylic acid groups (broad SMARTS) is 2. The van der Waals surface area contributed by atoms with Gasteiger partial charge in [0.2, 0.25) is 0 Å². The summed E-state index contributed by atoms with van der Waals surface area (Å²) in [5.74, 6) is -3.41. The van der Waals surface area contributed by atoms with E-state index < -0.39 is 212 Å². The van der Waals surface area contributed by atoms with E-state index in [1.807, 2.05) is 0 Å². The third-order valence-corrected chi connectivity index (χ3v) is 11.5. The molecule has 13 N–H and O–H groups in total. The van der Waals surface area contributed by atoms with E-state index in [0.29, 0.717) is 0 Å². The number of aliphatic carboxylic acids is 2. The van der Waals surface area contributed by atoms with Crippen LogP contribution < -0.4 is 10.2 Å². The first-order valence-electron chi connectivity index (χ1n) is 20.5. The van der Waals surface area contributed by atoms with Gasteiger partial charge >= 0.3 is 0 Å². The first kappa shape index (κ1) is 54.8. The van der Waals surface area contributed by atoms with E-state index in [1.165, 1.54) is 7.11 Å². The normalized spacial score (nSPS) is 46.8. The molecule has 66 heavy (non-hydrogen) atoms. The van der Waals surface area contributed by atoms with E-state index in [1.54, 1.807) is 0 Å². The summed E-state index contributed by atoms with van der Waals surface area (Å²) in [6, 6.07) is 0. The quantitative estimate of drug-likeness (QED) is 0.0508. The molecule has 5 saturated heterocycles. The Kier molecular flexibility index (Phi) is 20.5. The van der Waals surface area contributed by atoms with E-state index in [2.05, 4.69) is 0 Å². The number of hydrogen-bond donors (Lipinski definition) is 13. The van der Waals surface area contributed by atoms with Crippen molar-refractivity contribution in [3.8, 4) is 0 Å². The molecule has 0 aliphatic carbocycles. The van der Waals surface area contributed by atoms with Crippen LogP contribution in [0.25, 0.3) is 0 Å². The fraction of sp³-hybridized carbons (Fsp3) is 0.944. The van der Waals surface area contributed by atoms with Crippen LogP contribution >= 0.6 is 0 Å². The molecule has 25 atom stereocenters. The topological polar surface area (TPSA) is 463 Å². The lowest BCUT2D eigenvalue weighted by Crippen LogP contribution is -2.68. The number of carboxylic acids is 2. The second-order valence-electron chi connectivity index (χ2n) is 15.7.